The van der Waals surface area contributed by atoms with Gasteiger partial charge in [-0.2, -0.15) is 4.31 Å². The Morgan fingerprint density at radius 3 is 2.42 bits per heavy atom. The second-order valence-corrected chi connectivity index (χ2v) is 10.8. The van der Waals surface area contributed by atoms with Crippen LogP contribution in [0, 0.1) is 5.41 Å². The van der Waals surface area contributed by atoms with Gasteiger partial charge >= 0.3 is 0 Å². The summed E-state index contributed by atoms with van der Waals surface area (Å²) in [6.45, 7) is 7.25. The van der Waals surface area contributed by atoms with E-state index in [1.54, 1.807) is 10.4 Å². The Bertz CT molecular complexity index is 690. The number of amides is 1. The van der Waals surface area contributed by atoms with Crippen molar-refractivity contribution in [3.05, 3.63) is 17.0 Å². The summed E-state index contributed by atoms with van der Waals surface area (Å²) < 4.78 is 27.5. The van der Waals surface area contributed by atoms with Crippen LogP contribution in [0.2, 0.25) is 0 Å². The summed E-state index contributed by atoms with van der Waals surface area (Å²) in [4.78, 5) is 12.8. The zero-order valence-corrected chi connectivity index (χ0v) is 18.3. The van der Waals surface area contributed by atoms with E-state index in [4.69, 9.17) is 0 Å². The fourth-order valence-corrected chi connectivity index (χ4v) is 5.69. The molecular weight excluding hydrogens is 394 g/mol. The number of hydrogen-bond donors (Lipinski definition) is 2. The van der Waals surface area contributed by atoms with E-state index in [2.05, 4.69) is 10.6 Å². The van der Waals surface area contributed by atoms with Crippen LogP contribution in [0.25, 0.3) is 0 Å². The SMILES string of the molecule is CNC1CCN(S(=O)(=O)c2ccc(CCNC(=O)C(C)(C)C)s2)CC1.Cl. The number of sulfonamides is 1. The number of hydrogen-bond acceptors (Lipinski definition) is 5. The molecule has 0 aromatic carbocycles. The molecule has 2 rings (SSSR count). The number of carbonyl (C=O) groups excluding carboxylic acids is 1. The first kappa shape index (κ1) is 23.4. The molecule has 9 heteroatoms. The summed E-state index contributed by atoms with van der Waals surface area (Å²) in [6.07, 6.45) is 2.32. The van der Waals surface area contributed by atoms with E-state index < -0.39 is 15.4 Å². The monoisotopic (exact) mass is 423 g/mol. The molecule has 0 unspecified atom stereocenters. The Morgan fingerprint density at radius 1 is 1.27 bits per heavy atom. The van der Waals surface area contributed by atoms with Crippen LogP contribution < -0.4 is 10.6 Å². The fourth-order valence-electron chi connectivity index (χ4n) is 2.71. The van der Waals surface area contributed by atoms with Gasteiger partial charge in [-0.1, -0.05) is 20.8 Å². The molecule has 0 saturated carbocycles. The minimum atomic E-state index is -3.40. The first-order valence-corrected chi connectivity index (χ1v) is 10.9. The predicted octanol–water partition coefficient (Wildman–Crippen LogP) is 2.25. The van der Waals surface area contributed by atoms with Crippen molar-refractivity contribution in [2.24, 2.45) is 5.41 Å². The number of rotatable bonds is 6. The Morgan fingerprint density at radius 2 is 1.88 bits per heavy atom. The Balaban J connectivity index is 0.00000338. The first-order chi connectivity index (χ1) is 11.6. The maximum Gasteiger partial charge on any atom is 0.252 e. The minimum Gasteiger partial charge on any atom is -0.355 e. The molecule has 1 aromatic rings. The Labute approximate surface area is 167 Å². The van der Waals surface area contributed by atoms with Crippen LogP contribution in [0.4, 0.5) is 0 Å². The van der Waals surface area contributed by atoms with E-state index in [-0.39, 0.29) is 18.3 Å². The standard InChI is InChI=1S/C17H29N3O3S2.ClH/c1-17(2,3)16(21)19-10-7-14-5-6-15(24-14)25(22,23)20-11-8-13(18-4)9-12-20;/h5-6,13,18H,7-12H2,1-4H3,(H,19,21);1H. The summed E-state index contributed by atoms with van der Waals surface area (Å²) >= 11 is 1.30. The van der Waals surface area contributed by atoms with Crippen LogP contribution in [0.3, 0.4) is 0 Å². The maximum absolute atomic E-state index is 12.8. The van der Waals surface area contributed by atoms with Gasteiger partial charge in [-0.25, -0.2) is 8.42 Å². The van der Waals surface area contributed by atoms with Crippen LogP contribution >= 0.6 is 23.7 Å². The van der Waals surface area contributed by atoms with E-state index in [9.17, 15) is 13.2 Å². The first-order valence-electron chi connectivity index (χ1n) is 8.69. The number of nitrogens with one attached hydrogen (secondary N) is 2. The highest BCUT2D eigenvalue weighted by atomic mass is 35.5. The third-order valence-corrected chi connectivity index (χ3v) is 7.94. The molecule has 0 aliphatic carbocycles. The van der Waals surface area contributed by atoms with Crippen molar-refractivity contribution >= 4 is 39.7 Å². The molecule has 150 valence electrons. The van der Waals surface area contributed by atoms with Gasteiger partial charge in [-0.05, 0) is 38.4 Å². The van der Waals surface area contributed by atoms with Crippen molar-refractivity contribution in [1.29, 1.82) is 0 Å². The van der Waals surface area contributed by atoms with Gasteiger partial charge in [-0.15, -0.1) is 23.7 Å². The number of halogens is 1. The Kier molecular flexibility index (Phi) is 8.54. The molecule has 2 heterocycles. The van der Waals surface area contributed by atoms with Crippen LogP contribution in [-0.2, 0) is 21.2 Å². The van der Waals surface area contributed by atoms with E-state index in [1.165, 1.54) is 11.3 Å². The molecule has 1 aromatic heterocycles. The number of thiophene rings is 1. The van der Waals surface area contributed by atoms with E-state index in [0.717, 1.165) is 17.7 Å². The molecule has 0 radical (unpaired) electrons. The molecule has 1 fully saturated rings. The summed E-state index contributed by atoms with van der Waals surface area (Å²) in [5.74, 6) is 0.00399. The second kappa shape index (κ2) is 9.50. The topological polar surface area (TPSA) is 78.5 Å². The maximum atomic E-state index is 12.8. The molecule has 1 aliphatic rings. The summed E-state index contributed by atoms with van der Waals surface area (Å²) in [5, 5.41) is 6.10. The van der Waals surface area contributed by atoms with Gasteiger partial charge in [0.1, 0.15) is 4.21 Å². The van der Waals surface area contributed by atoms with Gasteiger partial charge in [0, 0.05) is 36.0 Å². The number of piperidine rings is 1. The van der Waals surface area contributed by atoms with Crippen molar-refractivity contribution in [2.45, 2.75) is 50.3 Å². The van der Waals surface area contributed by atoms with Crippen LogP contribution in [0.1, 0.15) is 38.5 Å². The molecule has 1 aliphatic heterocycles. The molecule has 6 nitrogen and oxygen atoms in total. The molecule has 0 atom stereocenters. The average Bonchev–Trinajstić information content (AvgIpc) is 3.03. The van der Waals surface area contributed by atoms with Gasteiger partial charge in [0.25, 0.3) is 10.0 Å². The lowest BCUT2D eigenvalue weighted by atomic mass is 9.96. The van der Waals surface area contributed by atoms with Gasteiger partial charge in [0.05, 0.1) is 0 Å². The van der Waals surface area contributed by atoms with E-state index in [0.29, 0.717) is 36.3 Å². The molecule has 0 spiro atoms. The highest BCUT2D eigenvalue weighted by molar-refractivity contribution is 7.91. The molecule has 26 heavy (non-hydrogen) atoms. The van der Waals surface area contributed by atoms with Crippen molar-refractivity contribution in [1.82, 2.24) is 14.9 Å². The van der Waals surface area contributed by atoms with Gasteiger partial charge in [0.2, 0.25) is 5.91 Å². The van der Waals surface area contributed by atoms with Gasteiger partial charge < -0.3 is 10.6 Å². The van der Waals surface area contributed by atoms with Crippen LogP contribution in [0.15, 0.2) is 16.3 Å². The molecule has 2 N–H and O–H groups in total. The quantitative estimate of drug-likeness (QED) is 0.735. The average molecular weight is 424 g/mol. The molecule has 1 saturated heterocycles. The normalized spacial score (nSPS) is 16.9. The molecule has 1 amide bonds. The summed E-state index contributed by atoms with van der Waals surface area (Å²) in [7, 11) is -1.49. The largest absolute Gasteiger partial charge is 0.355 e. The highest BCUT2D eigenvalue weighted by Crippen LogP contribution is 2.27. The van der Waals surface area contributed by atoms with E-state index in [1.807, 2.05) is 33.9 Å². The van der Waals surface area contributed by atoms with Crippen molar-refractivity contribution in [2.75, 3.05) is 26.7 Å². The third-order valence-electron chi connectivity index (χ3n) is 4.43. The fraction of sp³-hybridized carbons (Fsp3) is 0.706. The lowest BCUT2D eigenvalue weighted by Gasteiger charge is -2.30. The van der Waals surface area contributed by atoms with Gasteiger partial charge in [0.15, 0.2) is 0 Å². The van der Waals surface area contributed by atoms with Crippen molar-refractivity contribution < 1.29 is 13.2 Å². The van der Waals surface area contributed by atoms with Crippen LogP contribution in [-0.4, -0.2) is 51.4 Å². The van der Waals surface area contributed by atoms with Gasteiger partial charge in [-0.3, -0.25) is 4.79 Å². The zero-order chi connectivity index (χ0) is 18.7. The highest BCUT2D eigenvalue weighted by Gasteiger charge is 2.30. The number of nitrogens with zero attached hydrogens (tertiary/aromatic N) is 1. The molecular formula is C17H30ClN3O3S2. The second-order valence-electron chi connectivity index (χ2n) is 7.44. The molecule has 0 bridgehead atoms. The van der Waals surface area contributed by atoms with E-state index >= 15 is 0 Å². The lowest BCUT2D eigenvalue weighted by Crippen LogP contribution is -2.43. The lowest BCUT2D eigenvalue weighted by molar-refractivity contribution is -0.128. The van der Waals surface area contributed by atoms with Crippen molar-refractivity contribution in [3.63, 3.8) is 0 Å². The summed E-state index contributed by atoms with van der Waals surface area (Å²) in [5.41, 5.74) is -0.413. The predicted molar refractivity (Wildman–Crippen MR) is 109 cm³/mol. The Hall–Kier alpha value is -0.670. The smallest absolute Gasteiger partial charge is 0.252 e. The number of carbonyl (C=O) groups is 1. The third kappa shape index (κ3) is 5.92. The minimum absolute atomic E-state index is 0. The zero-order valence-electron chi connectivity index (χ0n) is 15.9. The van der Waals surface area contributed by atoms with Crippen LogP contribution in [0.5, 0.6) is 0 Å². The summed E-state index contributed by atoms with van der Waals surface area (Å²) in [6, 6.07) is 3.93. The van der Waals surface area contributed by atoms with Crippen molar-refractivity contribution in [3.8, 4) is 0 Å².